The van der Waals surface area contributed by atoms with Crippen LogP contribution in [-0.4, -0.2) is 51.9 Å². The molecule has 5 nitrogen and oxygen atoms in total. The lowest BCUT2D eigenvalue weighted by atomic mass is 10.4. The van der Waals surface area contributed by atoms with Gasteiger partial charge in [-0.25, -0.2) is 4.79 Å². The number of esters is 1. The van der Waals surface area contributed by atoms with E-state index >= 15 is 0 Å². The fourth-order valence-electron chi connectivity index (χ4n) is 3.27. The number of ether oxygens (including phenoxy) is 2. The van der Waals surface area contributed by atoms with Crippen LogP contribution in [0.1, 0.15) is 48.5 Å². The SMILES string of the molecule is COC(=O)C(O)COC(C)CO[Si](C(C)C)(C(C)C)C(C)C. The third-order valence-corrected chi connectivity index (χ3v) is 10.4. The van der Waals surface area contributed by atoms with E-state index in [9.17, 15) is 9.90 Å². The molecule has 0 fully saturated rings. The Morgan fingerprint density at radius 3 is 1.77 bits per heavy atom. The van der Waals surface area contributed by atoms with Gasteiger partial charge in [0.05, 0.1) is 26.4 Å². The molecule has 22 heavy (non-hydrogen) atoms. The number of aliphatic hydroxyl groups is 1. The molecule has 0 rings (SSSR count). The minimum atomic E-state index is -1.91. The third kappa shape index (κ3) is 5.65. The fraction of sp³-hybridized carbons (Fsp3) is 0.938. The average molecular weight is 335 g/mol. The van der Waals surface area contributed by atoms with Crippen LogP contribution in [0.4, 0.5) is 0 Å². The summed E-state index contributed by atoms with van der Waals surface area (Å²) in [6.45, 7) is 15.7. The predicted octanol–water partition coefficient (Wildman–Crippen LogP) is 3.12. The molecule has 2 unspecified atom stereocenters. The first-order chi connectivity index (χ1) is 10.1. The van der Waals surface area contributed by atoms with Crippen molar-refractivity contribution >= 4 is 14.3 Å². The van der Waals surface area contributed by atoms with E-state index in [0.717, 1.165) is 0 Å². The van der Waals surface area contributed by atoms with Gasteiger partial charge in [-0.1, -0.05) is 41.5 Å². The maximum Gasteiger partial charge on any atom is 0.337 e. The minimum Gasteiger partial charge on any atom is -0.467 e. The van der Waals surface area contributed by atoms with Crippen LogP contribution in [-0.2, 0) is 18.7 Å². The van der Waals surface area contributed by atoms with Gasteiger partial charge in [-0.3, -0.25) is 0 Å². The number of hydrogen-bond acceptors (Lipinski definition) is 5. The van der Waals surface area contributed by atoms with Crippen molar-refractivity contribution in [2.75, 3.05) is 20.3 Å². The second kappa shape index (κ2) is 9.65. The Bertz CT molecular complexity index is 309. The minimum absolute atomic E-state index is 0.0726. The monoisotopic (exact) mass is 334 g/mol. The highest BCUT2D eigenvalue weighted by Gasteiger charge is 2.45. The molecule has 132 valence electrons. The lowest BCUT2D eigenvalue weighted by Crippen LogP contribution is -2.49. The number of carbonyl (C=O) groups is 1. The summed E-state index contributed by atoms with van der Waals surface area (Å²) >= 11 is 0. The first-order valence-corrected chi connectivity index (χ1v) is 10.2. The van der Waals surface area contributed by atoms with E-state index in [2.05, 4.69) is 46.3 Å². The smallest absolute Gasteiger partial charge is 0.337 e. The number of carbonyl (C=O) groups excluding carboxylic acids is 1. The summed E-state index contributed by atoms with van der Waals surface area (Å²) < 4.78 is 16.4. The molecule has 0 saturated carbocycles. The maximum atomic E-state index is 11.1. The van der Waals surface area contributed by atoms with Gasteiger partial charge in [-0.05, 0) is 23.5 Å². The highest BCUT2D eigenvalue weighted by molar-refractivity contribution is 6.77. The molecule has 0 bridgehead atoms. The number of hydrogen-bond donors (Lipinski definition) is 1. The van der Waals surface area contributed by atoms with Crippen molar-refractivity contribution in [1.29, 1.82) is 0 Å². The zero-order valence-electron chi connectivity index (χ0n) is 15.4. The van der Waals surface area contributed by atoms with Crippen LogP contribution in [0.15, 0.2) is 0 Å². The van der Waals surface area contributed by atoms with Crippen LogP contribution in [0, 0.1) is 0 Å². The highest BCUT2D eigenvalue weighted by Crippen LogP contribution is 2.42. The Balaban J connectivity index is 4.58. The van der Waals surface area contributed by atoms with Gasteiger partial charge >= 0.3 is 5.97 Å². The topological polar surface area (TPSA) is 65.0 Å². The molecule has 1 N–H and O–H groups in total. The first kappa shape index (κ1) is 21.6. The standard InChI is InChI=1S/C16H34O5Si/c1-11(2)22(12(3)4,13(5)6)21-9-14(7)20-10-15(17)16(18)19-8/h11-15,17H,9-10H2,1-8H3. The van der Waals surface area contributed by atoms with Gasteiger partial charge in [0.15, 0.2) is 14.4 Å². The molecule has 0 aliphatic carbocycles. The van der Waals surface area contributed by atoms with Crippen molar-refractivity contribution in [2.45, 2.75) is 77.3 Å². The number of methoxy groups -OCH3 is 1. The Hall–Kier alpha value is -0.433. The molecular formula is C16H34O5Si. The second-order valence-corrected chi connectivity index (χ2v) is 12.3. The van der Waals surface area contributed by atoms with Crippen molar-refractivity contribution in [1.82, 2.24) is 0 Å². The molecule has 0 aliphatic heterocycles. The van der Waals surface area contributed by atoms with Gasteiger partial charge in [0.25, 0.3) is 0 Å². The zero-order valence-corrected chi connectivity index (χ0v) is 16.4. The molecule has 0 amide bonds. The molecule has 0 spiro atoms. The van der Waals surface area contributed by atoms with Gasteiger partial charge in [0, 0.05) is 0 Å². The van der Waals surface area contributed by atoms with Crippen LogP contribution in [0.25, 0.3) is 0 Å². The Labute approximate surface area is 136 Å². The number of aliphatic hydroxyl groups excluding tert-OH is 1. The van der Waals surface area contributed by atoms with Crippen molar-refractivity contribution in [2.24, 2.45) is 0 Å². The van der Waals surface area contributed by atoms with Gasteiger partial charge in [0.2, 0.25) is 0 Å². The first-order valence-electron chi connectivity index (χ1n) is 8.10. The van der Waals surface area contributed by atoms with E-state index in [0.29, 0.717) is 23.2 Å². The van der Waals surface area contributed by atoms with Crippen LogP contribution in [0.5, 0.6) is 0 Å². The third-order valence-electron chi connectivity index (χ3n) is 4.29. The van der Waals surface area contributed by atoms with E-state index in [1.165, 1.54) is 7.11 Å². The molecule has 0 aromatic heterocycles. The van der Waals surface area contributed by atoms with Crippen molar-refractivity contribution in [3.8, 4) is 0 Å². The largest absolute Gasteiger partial charge is 0.467 e. The summed E-state index contributed by atoms with van der Waals surface area (Å²) in [5.74, 6) is -0.677. The van der Waals surface area contributed by atoms with Gasteiger partial charge in [-0.2, -0.15) is 0 Å². The van der Waals surface area contributed by atoms with Crippen molar-refractivity contribution in [3.05, 3.63) is 0 Å². The molecular weight excluding hydrogens is 300 g/mol. The van der Waals surface area contributed by atoms with E-state index in [1.807, 2.05) is 6.92 Å². The molecule has 2 atom stereocenters. The van der Waals surface area contributed by atoms with E-state index in [4.69, 9.17) is 9.16 Å². The maximum absolute atomic E-state index is 11.1. The number of rotatable bonds is 10. The van der Waals surface area contributed by atoms with E-state index < -0.39 is 20.4 Å². The Morgan fingerprint density at radius 1 is 0.955 bits per heavy atom. The average Bonchev–Trinajstić information content (AvgIpc) is 2.43. The quantitative estimate of drug-likeness (QED) is 0.491. The van der Waals surface area contributed by atoms with Crippen molar-refractivity contribution in [3.63, 3.8) is 0 Å². The molecule has 0 aromatic rings. The van der Waals surface area contributed by atoms with Gasteiger partial charge < -0.3 is 19.0 Å². The summed E-state index contributed by atoms with van der Waals surface area (Å²) in [4.78, 5) is 11.1. The van der Waals surface area contributed by atoms with Crippen LogP contribution >= 0.6 is 0 Å². The van der Waals surface area contributed by atoms with Gasteiger partial charge in [0.1, 0.15) is 0 Å². The molecule has 0 aliphatic rings. The lowest BCUT2D eigenvalue weighted by Gasteiger charge is -2.42. The molecule has 0 heterocycles. The summed E-state index contributed by atoms with van der Waals surface area (Å²) in [6, 6.07) is 0. The fourth-order valence-corrected chi connectivity index (χ4v) is 8.79. The Kier molecular flexibility index (Phi) is 9.46. The molecule has 6 heteroatoms. The van der Waals surface area contributed by atoms with Crippen LogP contribution < -0.4 is 0 Å². The van der Waals surface area contributed by atoms with E-state index in [1.54, 1.807) is 0 Å². The second-order valence-electron chi connectivity index (χ2n) is 6.81. The summed E-state index contributed by atoms with van der Waals surface area (Å²) in [7, 11) is -0.667. The van der Waals surface area contributed by atoms with Gasteiger partial charge in [-0.15, -0.1) is 0 Å². The zero-order chi connectivity index (χ0) is 17.5. The van der Waals surface area contributed by atoms with E-state index in [-0.39, 0.29) is 12.7 Å². The molecule has 0 aromatic carbocycles. The summed E-state index contributed by atoms with van der Waals surface area (Å²) in [5, 5.41) is 9.53. The molecule has 0 radical (unpaired) electrons. The molecule has 0 saturated heterocycles. The summed E-state index contributed by atoms with van der Waals surface area (Å²) in [6.07, 6.45) is -1.42. The van der Waals surface area contributed by atoms with Crippen molar-refractivity contribution < 1.29 is 23.8 Å². The highest BCUT2D eigenvalue weighted by atomic mass is 28.4. The normalized spacial score (nSPS) is 15.5. The summed E-state index contributed by atoms with van der Waals surface area (Å²) in [5.41, 5.74) is 1.54. The Morgan fingerprint density at radius 2 is 1.41 bits per heavy atom. The lowest BCUT2D eigenvalue weighted by molar-refractivity contribution is -0.155. The predicted molar refractivity (Wildman–Crippen MR) is 90.4 cm³/mol. The van der Waals surface area contributed by atoms with Crippen LogP contribution in [0.3, 0.4) is 0 Å². The van der Waals surface area contributed by atoms with Crippen LogP contribution in [0.2, 0.25) is 16.6 Å².